The molecule has 1 aromatic carbocycles. The van der Waals surface area contributed by atoms with Crippen LogP contribution in [0.1, 0.15) is 5.56 Å². The van der Waals surface area contributed by atoms with E-state index in [0.717, 1.165) is 28.3 Å². The van der Waals surface area contributed by atoms with E-state index in [2.05, 4.69) is 20.3 Å². The van der Waals surface area contributed by atoms with Gasteiger partial charge in [0.25, 0.3) is 0 Å². The second-order valence-corrected chi connectivity index (χ2v) is 5.05. The van der Waals surface area contributed by atoms with Gasteiger partial charge in [0.15, 0.2) is 11.5 Å². The summed E-state index contributed by atoms with van der Waals surface area (Å²) in [5.74, 6) is 2.13. The van der Waals surface area contributed by atoms with Crippen molar-refractivity contribution in [3.8, 4) is 22.8 Å². The van der Waals surface area contributed by atoms with Crippen molar-refractivity contribution >= 4 is 5.95 Å². The zero-order chi connectivity index (χ0) is 15.5. The third kappa shape index (κ3) is 2.91. The molecule has 1 aliphatic heterocycles. The summed E-state index contributed by atoms with van der Waals surface area (Å²) in [5.41, 5.74) is 2.87. The number of nitrogens with one attached hydrogen (secondary N) is 1. The molecular weight excluding hydrogens is 292 g/mol. The SMILES string of the molecule is c1cncc(-c2ccnc(NCc3ccc4c(c3)OCO4)n2)c1. The Balaban J connectivity index is 1.49. The Morgan fingerprint density at radius 3 is 2.91 bits per heavy atom. The van der Waals surface area contributed by atoms with Crippen LogP contribution in [0.3, 0.4) is 0 Å². The fraction of sp³-hybridized carbons (Fsp3) is 0.118. The van der Waals surface area contributed by atoms with Gasteiger partial charge in [0.2, 0.25) is 12.7 Å². The first-order valence-electron chi connectivity index (χ1n) is 7.24. The summed E-state index contributed by atoms with van der Waals surface area (Å²) in [6.45, 7) is 0.885. The van der Waals surface area contributed by atoms with Gasteiger partial charge in [-0.2, -0.15) is 0 Å². The van der Waals surface area contributed by atoms with Crippen molar-refractivity contribution < 1.29 is 9.47 Å². The molecule has 0 bridgehead atoms. The molecule has 6 nitrogen and oxygen atoms in total. The molecule has 0 aliphatic carbocycles. The van der Waals surface area contributed by atoms with Crippen LogP contribution in [0, 0.1) is 0 Å². The Hall–Kier alpha value is -3.15. The molecule has 3 aromatic rings. The minimum Gasteiger partial charge on any atom is -0.454 e. The van der Waals surface area contributed by atoms with E-state index in [4.69, 9.17) is 9.47 Å². The van der Waals surface area contributed by atoms with Crippen LogP contribution in [-0.2, 0) is 6.54 Å². The smallest absolute Gasteiger partial charge is 0.231 e. The molecule has 2 aromatic heterocycles. The van der Waals surface area contributed by atoms with E-state index in [-0.39, 0.29) is 6.79 Å². The van der Waals surface area contributed by atoms with E-state index in [9.17, 15) is 0 Å². The van der Waals surface area contributed by atoms with Crippen LogP contribution >= 0.6 is 0 Å². The fourth-order valence-corrected chi connectivity index (χ4v) is 2.35. The average Bonchev–Trinajstić information content (AvgIpc) is 3.09. The van der Waals surface area contributed by atoms with Gasteiger partial charge in [-0.25, -0.2) is 9.97 Å². The number of benzene rings is 1. The first-order valence-corrected chi connectivity index (χ1v) is 7.24. The number of anilines is 1. The molecule has 0 saturated heterocycles. The number of pyridine rings is 1. The summed E-state index contributed by atoms with van der Waals surface area (Å²) in [4.78, 5) is 12.9. The zero-order valence-electron chi connectivity index (χ0n) is 12.3. The van der Waals surface area contributed by atoms with E-state index in [1.165, 1.54) is 0 Å². The predicted octanol–water partition coefficient (Wildman–Crippen LogP) is 2.88. The molecule has 1 aliphatic rings. The number of hydrogen-bond acceptors (Lipinski definition) is 6. The molecule has 0 unspecified atom stereocenters. The molecule has 0 amide bonds. The molecule has 0 saturated carbocycles. The van der Waals surface area contributed by atoms with Crippen LogP contribution in [0.5, 0.6) is 11.5 Å². The van der Waals surface area contributed by atoms with Crippen LogP contribution in [-0.4, -0.2) is 21.7 Å². The Bertz CT molecular complexity index is 824. The lowest BCUT2D eigenvalue weighted by Crippen LogP contribution is -2.04. The lowest BCUT2D eigenvalue weighted by molar-refractivity contribution is 0.174. The van der Waals surface area contributed by atoms with Crippen LogP contribution in [0.4, 0.5) is 5.95 Å². The average molecular weight is 306 g/mol. The Labute approximate surface area is 133 Å². The highest BCUT2D eigenvalue weighted by Crippen LogP contribution is 2.32. The lowest BCUT2D eigenvalue weighted by Gasteiger charge is -2.07. The molecule has 23 heavy (non-hydrogen) atoms. The van der Waals surface area contributed by atoms with Gasteiger partial charge >= 0.3 is 0 Å². The number of aromatic nitrogens is 3. The van der Waals surface area contributed by atoms with Gasteiger partial charge in [-0.1, -0.05) is 6.07 Å². The van der Waals surface area contributed by atoms with Crippen molar-refractivity contribution in [2.24, 2.45) is 0 Å². The van der Waals surface area contributed by atoms with Gasteiger partial charge < -0.3 is 14.8 Å². The third-order valence-corrected chi connectivity index (χ3v) is 3.50. The standard InChI is InChI=1S/C17H14N4O2/c1-2-13(10-18-6-1)14-5-7-19-17(21-14)20-9-12-3-4-15-16(8-12)23-11-22-15/h1-8,10H,9,11H2,(H,19,20,21). The van der Waals surface area contributed by atoms with Crippen LogP contribution in [0.15, 0.2) is 55.0 Å². The Kier molecular flexibility index (Phi) is 3.48. The summed E-state index contributed by atoms with van der Waals surface area (Å²) >= 11 is 0. The maximum atomic E-state index is 5.38. The Morgan fingerprint density at radius 2 is 2.00 bits per heavy atom. The van der Waals surface area contributed by atoms with E-state index in [1.54, 1.807) is 18.6 Å². The van der Waals surface area contributed by atoms with Crippen molar-refractivity contribution in [1.82, 2.24) is 15.0 Å². The summed E-state index contributed by atoms with van der Waals surface area (Å²) in [6, 6.07) is 11.6. The summed E-state index contributed by atoms with van der Waals surface area (Å²) in [6.07, 6.45) is 5.25. The highest BCUT2D eigenvalue weighted by Gasteiger charge is 2.13. The maximum absolute atomic E-state index is 5.38. The van der Waals surface area contributed by atoms with Gasteiger partial charge in [0.05, 0.1) is 5.69 Å². The second-order valence-electron chi connectivity index (χ2n) is 5.05. The molecule has 114 valence electrons. The number of fused-ring (bicyclic) bond motifs is 1. The maximum Gasteiger partial charge on any atom is 0.231 e. The molecule has 1 N–H and O–H groups in total. The molecule has 0 atom stereocenters. The van der Waals surface area contributed by atoms with Crippen LogP contribution in [0.2, 0.25) is 0 Å². The highest BCUT2D eigenvalue weighted by atomic mass is 16.7. The third-order valence-electron chi connectivity index (χ3n) is 3.50. The molecule has 3 heterocycles. The summed E-state index contributed by atoms with van der Waals surface area (Å²) in [7, 11) is 0. The van der Waals surface area contributed by atoms with Crippen molar-refractivity contribution in [1.29, 1.82) is 0 Å². The fourth-order valence-electron chi connectivity index (χ4n) is 2.35. The van der Waals surface area contributed by atoms with Crippen LogP contribution in [0.25, 0.3) is 11.3 Å². The van der Waals surface area contributed by atoms with E-state index in [1.807, 2.05) is 36.4 Å². The van der Waals surface area contributed by atoms with E-state index < -0.39 is 0 Å². The summed E-state index contributed by atoms with van der Waals surface area (Å²) in [5, 5.41) is 3.22. The van der Waals surface area contributed by atoms with Crippen molar-refractivity contribution in [2.45, 2.75) is 6.54 Å². The largest absolute Gasteiger partial charge is 0.454 e. The number of nitrogens with zero attached hydrogens (tertiary/aromatic N) is 3. The number of hydrogen-bond donors (Lipinski definition) is 1. The number of ether oxygens (including phenoxy) is 2. The minimum atomic E-state index is 0.280. The molecule has 0 radical (unpaired) electrons. The van der Waals surface area contributed by atoms with E-state index in [0.29, 0.717) is 12.5 Å². The highest BCUT2D eigenvalue weighted by molar-refractivity contribution is 5.58. The molecule has 6 heteroatoms. The zero-order valence-corrected chi connectivity index (χ0v) is 12.3. The predicted molar refractivity (Wildman–Crippen MR) is 85.2 cm³/mol. The molecular formula is C17H14N4O2. The van der Waals surface area contributed by atoms with Gasteiger partial charge in [0, 0.05) is 30.7 Å². The molecule has 4 rings (SSSR count). The number of rotatable bonds is 4. The van der Waals surface area contributed by atoms with Gasteiger partial charge in [-0.3, -0.25) is 4.98 Å². The first-order chi connectivity index (χ1) is 11.4. The summed E-state index contributed by atoms with van der Waals surface area (Å²) < 4.78 is 10.7. The van der Waals surface area contributed by atoms with E-state index >= 15 is 0 Å². The van der Waals surface area contributed by atoms with Gasteiger partial charge in [-0.15, -0.1) is 0 Å². The second kappa shape index (κ2) is 5.92. The van der Waals surface area contributed by atoms with Crippen molar-refractivity contribution in [3.05, 3.63) is 60.6 Å². The van der Waals surface area contributed by atoms with Gasteiger partial charge in [0.1, 0.15) is 0 Å². The minimum absolute atomic E-state index is 0.280. The normalized spacial score (nSPS) is 12.2. The molecule has 0 spiro atoms. The monoisotopic (exact) mass is 306 g/mol. The van der Waals surface area contributed by atoms with Crippen LogP contribution < -0.4 is 14.8 Å². The van der Waals surface area contributed by atoms with Crippen molar-refractivity contribution in [3.63, 3.8) is 0 Å². The topological polar surface area (TPSA) is 69.2 Å². The first kappa shape index (κ1) is 13.5. The molecule has 0 fully saturated rings. The lowest BCUT2D eigenvalue weighted by atomic mass is 10.2. The van der Waals surface area contributed by atoms with Crippen molar-refractivity contribution in [2.75, 3.05) is 12.1 Å². The quantitative estimate of drug-likeness (QED) is 0.799. The Morgan fingerprint density at radius 1 is 1.04 bits per heavy atom. The van der Waals surface area contributed by atoms with Gasteiger partial charge in [-0.05, 0) is 35.9 Å².